The van der Waals surface area contributed by atoms with Crippen molar-refractivity contribution in [2.45, 2.75) is 37.4 Å². The number of hydrogen-bond acceptors (Lipinski definition) is 5. The molecule has 7 heteroatoms. The Morgan fingerprint density at radius 1 is 1.48 bits per heavy atom. The average Bonchev–Trinajstić information content (AvgIpc) is 2.46. The van der Waals surface area contributed by atoms with Gasteiger partial charge in [0.1, 0.15) is 0 Å². The highest BCUT2D eigenvalue weighted by atomic mass is 32.2. The van der Waals surface area contributed by atoms with Crippen LogP contribution >= 0.6 is 0 Å². The first-order valence-electron chi connectivity index (χ1n) is 7.37. The number of morpholine rings is 1. The summed E-state index contributed by atoms with van der Waals surface area (Å²) in [7, 11) is -2.14. The second-order valence-corrected chi connectivity index (χ2v) is 8.25. The summed E-state index contributed by atoms with van der Waals surface area (Å²) in [4.78, 5) is 0.172. The average molecular weight is 338 g/mol. The lowest BCUT2D eigenvalue weighted by atomic mass is 10.1. The minimum atomic E-state index is -3.70. The van der Waals surface area contributed by atoms with Crippen molar-refractivity contribution in [1.29, 1.82) is 5.26 Å². The Balaban J connectivity index is 2.40. The molecule has 23 heavy (non-hydrogen) atoms. The molecule has 0 aromatic heterocycles. The molecule has 1 saturated heterocycles. The van der Waals surface area contributed by atoms with Gasteiger partial charge in [0.25, 0.3) is 0 Å². The Kier molecular flexibility index (Phi) is 5.11. The third-order valence-corrected chi connectivity index (χ3v) is 5.69. The highest BCUT2D eigenvalue weighted by molar-refractivity contribution is 7.89. The number of sulfonamides is 1. The second kappa shape index (κ2) is 6.57. The van der Waals surface area contributed by atoms with Crippen LogP contribution in [0.1, 0.15) is 25.0 Å². The van der Waals surface area contributed by atoms with Gasteiger partial charge in [-0.3, -0.25) is 0 Å². The van der Waals surface area contributed by atoms with Crippen LogP contribution < -0.4 is 0 Å². The van der Waals surface area contributed by atoms with Crippen molar-refractivity contribution >= 4 is 10.0 Å². The molecule has 0 unspecified atom stereocenters. The summed E-state index contributed by atoms with van der Waals surface area (Å²) in [5, 5.41) is 9.03. The van der Waals surface area contributed by atoms with Gasteiger partial charge in [0, 0.05) is 20.2 Å². The Bertz CT molecular complexity index is 722. The summed E-state index contributed by atoms with van der Waals surface area (Å²) in [6.45, 7) is 6.26. The van der Waals surface area contributed by atoms with Gasteiger partial charge in [-0.05, 0) is 38.5 Å². The molecule has 1 aromatic carbocycles. The smallest absolute Gasteiger partial charge is 0.243 e. The molecule has 0 saturated carbocycles. The maximum atomic E-state index is 13.0. The van der Waals surface area contributed by atoms with Gasteiger partial charge in [0.05, 0.1) is 34.8 Å². The van der Waals surface area contributed by atoms with Crippen molar-refractivity contribution in [3.8, 4) is 6.07 Å². The van der Waals surface area contributed by atoms with E-state index in [-0.39, 0.29) is 24.1 Å². The zero-order valence-electron chi connectivity index (χ0n) is 13.9. The molecule has 126 valence electrons. The Morgan fingerprint density at radius 3 is 2.78 bits per heavy atom. The summed E-state index contributed by atoms with van der Waals surface area (Å²) < 4.78 is 38.5. The maximum absolute atomic E-state index is 13.0. The van der Waals surface area contributed by atoms with Crippen molar-refractivity contribution in [2.24, 2.45) is 0 Å². The minimum Gasteiger partial charge on any atom is -0.382 e. The third kappa shape index (κ3) is 3.90. The van der Waals surface area contributed by atoms with Crippen LogP contribution in [0.2, 0.25) is 0 Å². The number of ether oxygens (including phenoxy) is 2. The molecule has 1 aliphatic heterocycles. The zero-order valence-corrected chi connectivity index (χ0v) is 14.7. The normalized spacial score (nSPS) is 21.8. The van der Waals surface area contributed by atoms with Crippen molar-refractivity contribution < 1.29 is 17.9 Å². The number of benzene rings is 1. The van der Waals surface area contributed by atoms with E-state index < -0.39 is 15.6 Å². The highest BCUT2D eigenvalue weighted by Crippen LogP contribution is 2.28. The fourth-order valence-corrected chi connectivity index (χ4v) is 4.66. The molecule has 1 aromatic rings. The molecule has 0 aliphatic carbocycles. The van der Waals surface area contributed by atoms with Crippen LogP contribution in [0, 0.1) is 18.3 Å². The summed E-state index contributed by atoms with van der Waals surface area (Å²) in [5.74, 6) is 0. The van der Waals surface area contributed by atoms with E-state index in [1.165, 1.54) is 10.4 Å². The predicted molar refractivity (Wildman–Crippen MR) is 85.5 cm³/mol. The maximum Gasteiger partial charge on any atom is 0.243 e. The number of aryl methyl sites for hydroxylation is 1. The van der Waals surface area contributed by atoms with Gasteiger partial charge in [-0.25, -0.2) is 8.42 Å². The fourth-order valence-electron chi connectivity index (χ4n) is 2.78. The Hall–Kier alpha value is -1.46. The molecule has 6 nitrogen and oxygen atoms in total. The Labute approximate surface area is 137 Å². The lowest BCUT2D eigenvalue weighted by Gasteiger charge is -2.41. The molecule has 0 amide bonds. The van der Waals surface area contributed by atoms with E-state index in [1.54, 1.807) is 26.2 Å². The zero-order chi connectivity index (χ0) is 17.3. The van der Waals surface area contributed by atoms with Crippen LogP contribution in [-0.2, 0) is 19.5 Å². The second-order valence-electron chi connectivity index (χ2n) is 6.34. The van der Waals surface area contributed by atoms with E-state index in [4.69, 9.17) is 14.7 Å². The van der Waals surface area contributed by atoms with Crippen LogP contribution in [0.5, 0.6) is 0 Å². The van der Waals surface area contributed by atoms with Gasteiger partial charge in [0.2, 0.25) is 10.0 Å². The summed E-state index contributed by atoms with van der Waals surface area (Å²) >= 11 is 0. The van der Waals surface area contributed by atoms with Crippen molar-refractivity contribution in [1.82, 2.24) is 4.31 Å². The summed E-state index contributed by atoms with van der Waals surface area (Å²) in [6, 6.07) is 6.69. The van der Waals surface area contributed by atoms with E-state index in [9.17, 15) is 8.42 Å². The van der Waals surface area contributed by atoms with Crippen LogP contribution in [-0.4, -0.2) is 51.2 Å². The van der Waals surface area contributed by atoms with E-state index in [1.807, 2.05) is 19.9 Å². The number of hydrogen-bond donors (Lipinski definition) is 0. The van der Waals surface area contributed by atoms with E-state index >= 15 is 0 Å². The SMILES string of the molecule is COC[C@H]1CN(S(=O)(=O)c2cc(C#N)ccc2C)CC(C)(C)O1. The van der Waals surface area contributed by atoms with Gasteiger partial charge < -0.3 is 9.47 Å². The number of rotatable bonds is 4. The first kappa shape index (κ1) is 17.9. The standard InChI is InChI=1S/C16H22N2O4S/c1-12-5-6-13(8-17)7-15(12)23(19,20)18-9-14(10-21-4)22-16(2,3)11-18/h5-7,14H,9-11H2,1-4H3/t14-/m1/s1. The first-order chi connectivity index (χ1) is 10.7. The van der Waals surface area contributed by atoms with Gasteiger partial charge >= 0.3 is 0 Å². The molecule has 1 aliphatic rings. The summed E-state index contributed by atoms with van der Waals surface area (Å²) in [5.41, 5.74) is 0.349. The first-order valence-corrected chi connectivity index (χ1v) is 8.81. The lowest BCUT2D eigenvalue weighted by Crippen LogP contribution is -2.55. The van der Waals surface area contributed by atoms with Crippen LogP contribution in [0.15, 0.2) is 23.1 Å². The van der Waals surface area contributed by atoms with Gasteiger partial charge in [-0.2, -0.15) is 9.57 Å². The molecular formula is C16H22N2O4S. The van der Waals surface area contributed by atoms with Crippen molar-refractivity contribution in [2.75, 3.05) is 26.8 Å². The molecule has 0 N–H and O–H groups in total. The topological polar surface area (TPSA) is 79.6 Å². The predicted octanol–water partition coefficient (Wildman–Crippen LogP) is 1.68. The molecule has 0 spiro atoms. The molecule has 0 bridgehead atoms. The molecule has 1 atom stereocenters. The van der Waals surface area contributed by atoms with E-state index in [2.05, 4.69) is 0 Å². The Morgan fingerprint density at radius 2 is 2.17 bits per heavy atom. The van der Waals surface area contributed by atoms with Crippen LogP contribution in [0.3, 0.4) is 0 Å². The summed E-state index contributed by atoms with van der Waals surface area (Å²) in [6.07, 6.45) is -0.321. The van der Waals surface area contributed by atoms with E-state index in [0.29, 0.717) is 17.7 Å². The van der Waals surface area contributed by atoms with Crippen molar-refractivity contribution in [3.05, 3.63) is 29.3 Å². The molecule has 1 heterocycles. The van der Waals surface area contributed by atoms with Crippen molar-refractivity contribution in [3.63, 3.8) is 0 Å². The highest BCUT2D eigenvalue weighted by Gasteiger charge is 2.39. The molecule has 1 fully saturated rings. The minimum absolute atomic E-state index is 0.172. The van der Waals surface area contributed by atoms with Crippen LogP contribution in [0.25, 0.3) is 0 Å². The van der Waals surface area contributed by atoms with Crippen LogP contribution in [0.4, 0.5) is 0 Å². The monoisotopic (exact) mass is 338 g/mol. The lowest BCUT2D eigenvalue weighted by molar-refractivity contribution is -0.135. The van der Waals surface area contributed by atoms with Gasteiger partial charge in [-0.1, -0.05) is 6.07 Å². The fraction of sp³-hybridized carbons (Fsp3) is 0.562. The largest absolute Gasteiger partial charge is 0.382 e. The van der Waals surface area contributed by atoms with Gasteiger partial charge in [-0.15, -0.1) is 0 Å². The quantitative estimate of drug-likeness (QED) is 0.834. The molecule has 0 radical (unpaired) electrons. The van der Waals surface area contributed by atoms with Gasteiger partial charge in [0.15, 0.2) is 0 Å². The number of methoxy groups -OCH3 is 1. The molecule has 2 rings (SSSR count). The number of nitriles is 1. The molecular weight excluding hydrogens is 316 g/mol. The third-order valence-electron chi connectivity index (χ3n) is 3.74. The van der Waals surface area contributed by atoms with E-state index in [0.717, 1.165) is 0 Å². The number of nitrogens with zero attached hydrogens (tertiary/aromatic N) is 2.